The summed E-state index contributed by atoms with van der Waals surface area (Å²) in [5, 5.41) is 12.8. The molecule has 0 saturated carbocycles. The number of rotatable bonds is 5. The first-order chi connectivity index (χ1) is 11.6. The molecule has 3 aromatic rings. The van der Waals surface area contributed by atoms with E-state index in [2.05, 4.69) is 4.98 Å². The summed E-state index contributed by atoms with van der Waals surface area (Å²) in [6, 6.07) is 18.5. The molecular formula is C19H15Cl2NOS. The van der Waals surface area contributed by atoms with E-state index in [1.807, 2.05) is 48.5 Å². The Kier molecular flexibility index (Phi) is 5.47. The molecular weight excluding hydrogens is 361 g/mol. The molecule has 0 aliphatic carbocycles. The van der Waals surface area contributed by atoms with Crippen LogP contribution in [0.2, 0.25) is 10.0 Å². The van der Waals surface area contributed by atoms with Gasteiger partial charge in [0.1, 0.15) is 5.60 Å². The summed E-state index contributed by atoms with van der Waals surface area (Å²) in [4.78, 5) is 5.19. The van der Waals surface area contributed by atoms with Gasteiger partial charge in [0.15, 0.2) is 0 Å². The minimum Gasteiger partial charge on any atom is -0.379 e. The molecule has 0 aliphatic heterocycles. The van der Waals surface area contributed by atoms with Gasteiger partial charge >= 0.3 is 0 Å². The Morgan fingerprint density at radius 3 is 2.08 bits per heavy atom. The first-order valence-electron chi connectivity index (χ1n) is 7.35. The molecule has 24 heavy (non-hydrogen) atoms. The number of hydrogen-bond donors (Lipinski definition) is 1. The Bertz CT molecular complexity index is 794. The monoisotopic (exact) mass is 375 g/mol. The number of thioether (sulfide) groups is 1. The quantitative estimate of drug-likeness (QED) is 0.604. The minimum atomic E-state index is -1.16. The maximum atomic E-state index is 11.4. The third-order valence-corrected chi connectivity index (χ3v) is 5.39. The van der Waals surface area contributed by atoms with Gasteiger partial charge < -0.3 is 5.11 Å². The Labute approximate surface area is 155 Å². The van der Waals surface area contributed by atoms with Crippen molar-refractivity contribution in [2.75, 3.05) is 5.75 Å². The lowest BCUT2D eigenvalue weighted by Crippen LogP contribution is -2.30. The molecule has 0 bridgehead atoms. The van der Waals surface area contributed by atoms with E-state index in [0.717, 1.165) is 16.0 Å². The molecule has 1 aromatic heterocycles. The maximum Gasteiger partial charge on any atom is 0.125 e. The van der Waals surface area contributed by atoms with Crippen molar-refractivity contribution < 1.29 is 5.11 Å². The third-order valence-electron chi connectivity index (χ3n) is 3.72. The Hall–Kier alpha value is -1.52. The summed E-state index contributed by atoms with van der Waals surface area (Å²) < 4.78 is 0. The summed E-state index contributed by atoms with van der Waals surface area (Å²) in [6.45, 7) is 0. The zero-order valence-electron chi connectivity index (χ0n) is 12.7. The summed E-state index contributed by atoms with van der Waals surface area (Å²) in [5.74, 6) is 0.446. The highest BCUT2D eigenvalue weighted by Crippen LogP contribution is 2.36. The van der Waals surface area contributed by atoms with Gasteiger partial charge in [0.25, 0.3) is 0 Å². The van der Waals surface area contributed by atoms with Gasteiger partial charge in [0.2, 0.25) is 0 Å². The largest absolute Gasteiger partial charge is 0.379 e. The lowest BCUT2D eigenvalue weighted by molar-refractivity contribution is 0.107. The van der Waals surface area contributed by atoms with Crippen LogP contribution in [0.15, 0.2) is 78.0 Å². The molecule has 122 valence electrons. The highest BCUT2D eigenvalue weighted by atomic mass is 35.5. The Morgan fingerprint density at radius 1 is 0.875 bits per heavy atom. The van der Waals surface area contributed by atoms with Crippen LogP contribution in [-0.2, 0) is 5.60 Å². The number of benzene rings is 2. The number of aliphatic hydroxyl groups is 1. The molecule has 1 N–H and O–H groups in total. The van der Waals surface area contributed by atoms with E-state index < -0.39 is 5.60 Å². The van der Waals surface area contributed by atoms with Crippen LogP contribution in [0.25, 0.3) is 0 Å². The van der Waals surface area contributed by atoms with E-state index in [-0.39, 0.29) is 0 Å². The molecule has 2 nitrogen and oxygen atoms in total. The number of aromatic nitrogens is 1. The standard InChI is InChI=1S/C19H15Cl2NOS/c20-16-5-3-14(4-6-16)19(23,15-2-1-11-22-12-15)13-24-18-9-7-17(21)8-10-18/h1-12,23H,13H2. The van der Waals surface area contributed by atoms with E-state index in [4.69, 9.17) is 23.2 Å². The second-order valence-corrected chi connectivity index (χ2v) is 7.27. The molecule has 5 heteroatoms. The molecule has 0 saturated heterocycles. The van der Waals surface area contributed by atoms with Crippen LogP contribution in [0.3, 0.4) is 0 Å². The van der Waals surface area contributed by atoms with Crippen LogP contribution in [0.5, 0.6) is 0 Å². The van der Waals surface area contributed by atoms with Crippen molar-refractivity contribution in [1.29, 1.82) is 0 Å². The molecule has 0 amide bonds. The van der Waals surface area contributed by atoms with Crippen LogP contribution < -0.4 is 0 Å². The van der Waals surface area contributed by atoms with Gasteiger partial charge in [-0.05, 0) is 48.0 Å². The van der Waals surface area contributed by atoms with Crippen molar-refractivity contribution >= 4 is 35.0 Å². The SMILES string of the molecule is OC(CSc1ccc(Cl)cc1)(c1ccc(Cl)cc1)c1cccnc1. The second kappa shape index (κ2) is 7.58. The normalized spacial score (nSPS) is 13.5. The highest BCUT2D eigenvalue weighted by Gasteiger charge is 2.32. The zero-order chi connectivity index (χ0) is 17.0. The zero-order valence-corrected chi connectivity index (χ0v) is 15.0. The molecule has 1 unspecified atom stereocenters. The number of halogens is 2. The van der Waals surface area contributed by atoms with Crippen molar-refractivity contribution in [3.8, 4) is 0 Å². The highest BCUT2D eigenvalue weighted by molar-refractivity contribution is 7.99. The Balaban J connectivity index is 1.93. The molecule has 0 radical (unpaired) electrons. The van der Waals surface area contributed by atoms with Gasteiger partial charge in [-0.3, -0.25) is 4.98 Å². The first-order valence-corrected chi connectivity index (χ1v) is 9.09. The maximum absolute atomic E-state index is 11.4. The van der Waals surface area contributed by atoms with Gasteiger partial charge in [0, 0.05) is 38.7 Å². The predicted molar refractivity (Wildman–Crippen MR) is 101 cm³/mol. The molecule has 3 rings (SSSR count). The van der Waals surface area contributed by atoms with Gasteiger partial charge in [-0.15, -0.1) is 11.8 Å². The molecule has 1 heterocycles. The van der Waals surface area contributed by atoms with Gasteiger partial charge in [-0.1, -0.05) is 41.4 Å². The minimum absolute atomic E-state index is 0.446. The van der Waals surface area contributed by atoms with Crippen LogP contribution in [-0.4, -0.2) is 15.8 Å². The van der Waals surface area contributed by atoms with E-state index in [1.165, 1.54) is 0 Å². The molecule has 0 spiro atoms. The van der Waals surface area contributed by atoms with Crippen molar-refractivity contribution in [2.24, 2.45) is 0 Å². The lowest BCUT2D eigenvalue weighted by Gasteiger charge is -2.29. The first kappa shape index (κ1) is 17.3. The second-order valence-electron chi connectivity index (χ2n) is 5.35. The fourth-order valence-electron chi connectivity index (χ4n) is 2.38. The Morgan fingerprint density at radius 2 is 1.50 bits per heavy atom. The van der Waals surface area contributed by atoms with Crippen LogP contribution >= 0.6 is 35.0 Å². The molecule has 0 fully saturated rings. The van der Waals surface area contributed by atoms with E-state index >= 15 is 0 Å². The molecule has 0 aliphatic rings. The van der Waals surface area contributed by atoms with Crippen molar-refractivity contribution in [3.63, 3.8) is 0 Å². The summed E-state index contributed by atoms with van der Waals surface area (Å²) in [6.07, 6.45) is 3.38. The van der Waals surface area contributed by atoms with E-state index in [0.29, 0.717) is 15.8 Å². The van der Waals surface area contributed by atoms with Crippen molar-refractivity contribution in [2.45, 2.75) is 10.5 Å². The van der Waals surface area contributed by atoms with Gasteiger partial charge in [-0.2, -0.15) is 0 Å². The van der Waals surface area contributed by atoms with Gasteiger partial charge in [0.05, 0.1) is 0 Å². The van der Waals surface area contributed by atoms with Crippen molar-refractivity contribution in [3.05, 3.63) is 94.2 Å². The summed E-state index contributed by atoms with van der Waals surface area (Å²) >= 11 is 13.5. The lowest BCUT2D eigenvalue weighted by atomic mass is 9.89. The average molecular weight is 376 g/mol. The van der Waals surface area contributed by atoms with Crippen molar-refractivity contribution in [1.82, 2.24) is 4.98 Å². The fourth-order valence-corrected chi connectivity index (χ4v) is 3.67. The van der Waals surface area contributed by atoms with Crippen LogP contribution in [0, 0.1) is 0 Å². The average Bonchev–Trinajstić information content (AvgIpc) is 2.62. The molecule has 1 atom stereocenters. The van der Waals surface area contributed by atoms with E-state index in [9.17, 15) is 5.11 Å². The third kappa shape index (κ3) is 3.93. The number of pyridine rings is 1. The summed E-state index contributed by atoms with van der Waals surface area (Å²) in [5.41, 5.74) is 0.360. The van der Waals surface area contributed by atoms with Crippen LogP contribution in [0.4, 0.5) is 0 Å². The predicted octanol–water partition coefficient (Wildman–Crippen LogP) is 5.42. The summed E-state index contributed by atoms with van der Waals surface area (Å²) in [7, 11) is 0. The number of nitrogens with zero attached hydrogens (tertiary/aromatic N) is 1. The van der Waals surface area contributed by atoms with Crippen LogP contribution in [0.1, 0.15) is 11.1 Å². The number of hydrogen-bond acceptors (Lipinski definition) is 3. The topological polar surface area (TPSA) is 33.1 Å². The molecule has 2 aromatic carbocycles. The van der Waals surface area contributed by atoms with E-state index in [1.54, 1.807) is 36.3 Å². The fraction of sp³-hybridized carbons (Fsp3) is 0.105. The van der Waals surface area contributed by atoms with Gasteiger partial charge in [-0.25, -0.2) is 0 Å². The smallest absolute Gasteiger partial charge is 0.125 e.